The van der Waals surface area contributed by atoms with Gasteiger partial charge in [0.15, 0.2) is 0 Å². The summed E-state index contributed by atoms with van der Waals surface area (Å²) >= 11 is 1.95. The molecule has 0 saturated heterocycles. The molecule has 3 nitrogen and oxygen atoms in total. The van der Waals surface area contributed by atoms with E-state index in [1.807, 2.05) is 29.7 Å². The van der Waals surface area contributed by atoms with Gasteiger partial charge in [0.05, 0.1) is 6.20 Å². The number of aromatic nitrogens is 2. The molecule has 0 atom stereocenters. The average molecular weight is 255 g/mol. The van der Waals surface area contributed by atoms with Crippen LogP contribution in [0.5, 0.6) is 0 Å². The molecule has 1 aromatic heterocycles. The van der Waals surface area contributed by atoms with Crippen LogP contribution in [0.25, 0.3) is 0 Å². The first-order chi connectivity index (χ1) is 8.25. The monoisotopic (exact) mass is 255 g/mol. The normalized spacial score (nSPS) is 11.0. The number of hydrogen-bond acceptors (Lipinski definition) is 3. The largest absolute Gasteiger partial charge is 0.313 e. The molecule has 1 rings (SSSR count). The van der Waals surface area contributed by atoms with Gasteiger partial charge in [-0.15, -0.1) is 0 Å². The van der Waals surface area contributed by atoms with Crippen molar-refractivity contribution < 1.29 is 0 Å². The Morgan fingerprint density at radius 3 is 2.71 bits per heavy atom. The summed E-state index contributed by atoms with van der Waals surface area (Å²) in [6, 6.07) is 0. The van der Waals surface area contributed by atoms with Gasteiger partial charge in [-0.3, -0.25) is 4.68 Å². The van der Waals surface area contributed by atoms with Crippen molar-refractivity contribution in [2.75, 3.05) is 18.6 Å². The topological polar surface area (TPSA) is 29.9 Å². The maximum Gasteiger partial charge on any atom is 0.0537 e. The third kappa shape index (κ3) is 5.59. The average Bonchev–Trinajstić information content (AvgIpc) is 2.64. The van der Waals surface area contributed by atoms with Crippen LogP contribution in [-0.2, 0) is 13.6 Å². The zero-order valence-corrected chi connectivity index (χ0v) is 12.1. The van der Waals surface area contributed by atoms with E-state index in [1.54, 1.807) is 0 Å². The van der Waals surface area contributed by atoms with Crippen molar-refractivity contribution in [1.29, 1.82) is 0 Å². The van der Waals surface area contributed by atoms with Gasteiger partial charge in [0, 0.05) is 24.8 Å². The molecule has 0 unspecified atom stereocenters. The number of nitrogens with zero attached hydrogens (tertiary/aromatic N) is 2. The van der Waals surface area contributed by atoms with E-state index in [1.165, 1.54) is 42.7 Å². The summed E-state index contributed by atoms with van der Waals surface area (Å²) in [5.41, 5.74) is 2.58. The quantitative estimate of drug-likeness (QED) is 0.688. The van der Waals surface area contributed by atoms with E-state index < -0.39 is 0 Å². The molecule has 0 aliphatic heterocycles. The van der Waals surface area contributed by atoms with Crippen molar-refractivity contribution in [2.24, 2.45) is 7.05 Å². The number of rotatable bonds is 9. The van der Waals surface area contributed by atoms with Gasteiger partial charge < -0.3 is 5.32 Å². The third-order valence-corrected chi connectivity index (χ3v) is 3.80. The lowest BCUT2D eigenvalue weighted by Gasteiger charge is -2.04. The molecular formula is C13H25N3S. The number of nitrogens with one attached hydrogen (secondary N) is 1. The Bertz CT molecular complexity index is 310. The molecule has 0 spiro atoms. The molecule has 0 aliphatic rings. The van der Waals surface area contributed by atoms with Gasteiger partial charge in [0.1, 0.15) is 0 Å². The number of unbranched alkanes of at least 4 members (excludes halogenated alkanes) is 3. The zero-order valence-electron chi connectivity index (χ0n) is 11.3. The fourth-order valence-electron chi connectivity index (χ4n) is 1.79. The highest BCUT2D eigenvalue weighted by atomic mass is 32.2. The molecule has 0 fully saturated rings. The van der Waals surface area contributed by atoms with Gasteiger partial charge in [0.2, 0.25) is 0 Å². The van der Waals surface area contributed by atoms with Gasteiger partial charge >= 0.3 is 0 Å². The van der Waals surface area contributed by atoms with Crippen molar-refractivity contribution in [3.8, 4) is 0 Å². The van der Waals surface area contributed by atoms with E-state index in [2.05, 4.69) is 23.6 Å². The summed E-state index contributed by atoms with van der Waals surface area (Å²) in [6.07, 6.45) is 9.50. The fraction of sp³-hybridized carbons (Fsp3) is 0.769. The summed E-state index contributed by atoms with van der Waals surface area (Å²) in [5, 5.41) is 7.73. The molecular weight excluding hydrogens is 230 g/mol. The van der Waals surface area contributed by atoms with Crippen LogP contribution in [0.3, 0.4) is 0 Å². The molecule has 0 amide bonds. The smallest absolute Gasteiger partial charge is 0.0537 e. The van der Waals surface area contributed by atoms with Crippen molar-refractivity contribution in [1.82, 2.24) is 15.1 Å². The summed E-state index contributed by atoms with van der Waals surface area (Å²) in [6.45, 7) is 4.19. The van der Waals surface area contributed by atoms with Crippen molar-refractivity contribution in [3.63, 3.8) is 0 Å². The number of aryl methyl sites for hydroxylation is 1. The lowest BCUT2D eigenvalue weighted by atomic mass is 10.2. The van der Waals surface area contributed by atoms with Gasteiger partial charge in [0.25, 0.3) is 0 Å². The summed E-state index contributed by atoms with van der Waals surface area (Å²) < 4.78 is 1.93. The summed E-state index contributed by atoms with van der Waals surface area (Å²) in [7, 11) is 1.99. The Hall–Kier alpha value is -0.480. The Labute approximate surface area is 109 Å². The Kier molecular flexibility index (Phi) is 7.37. The lowest BCUT2D eigenvalue weighted by molar-refractivity contribution is 0.598. The fourth-order valence-corrected chi connectivity index (χ4v) is 2.28. The zero-order chi connectivity index (χ0) is 12.5. The van der Waals surface area contributed by atoms with E-state index in [-0.39, 0.29) is 0 Å². The highest BCUT2D eigenvalue weighted by Crippen LogP contribution is 2.06. The molecule has 4 heteroatoms. The second-order valence-electron chi connectivity index (χ2n) is 4.46. The van der Waals surface area contributed by atoms with Crippen LogP contribution >= 0.6 is 11.8 Å². The van der Waals surface area contributed by atoms with Gasteiger partial charge in [-0.2, -0.15) is 16.9 Å². The summed E-state index contributed by atoms with van der Waals surface area (Å²) in [4.78, 5) is 0. The third-order valence-electron chi connectivity index (χ3n) is 3.10. The van der Waals surface area contributed by atoms with E-state index >= 15 is 0 Å². The highest BCUT2D eigenvalue weighted by molar-refractivity contribution is 7.98. The molecule has 0 radical (unpaired) electrons. The Balaban J connectivity index is 1.99. The maximum absolute atomic E-state index is 4.24. The van der Waals surface area contributed by atoms with Crippen LogP contribution in [0.4, 0.5) is 0 Å². The molecule has 17 heavy (non-hydrogen) atoms. The lowest BCUT2D eigenvalue weighted by Crippen LogP contribution is -2.15. The first-order valence-electron chi connectivity index (χ1n) is 6.43. The Morgan fingerprint density at radius 1 is 1.29 bits per heavy atom. The van der Waals surface area contributed by atoms with Crippen LogP contribution in [0, 0.1) is 6.92 Å². The molecule has 0 saturated carbocycles. The molecule has 0 bridgehead atoms. The first kappa shape index (κ1) is 14.6. The second-order valence-corrected chi connectivity index (χ2v) is 5.45. The number of hydrogen-bond donors (Lipinski definition) is 1. The summed E-state index contributed by atoms with van der Waals surface area (Å²) in [5.74, 6) is 1.31. The van der Waals surface area contributed by atoms with E-state index in [0.717, 1.165) is 13.1 Å². The molecule has 1 aromatic rings. The highest BCUT2D eigenvalue weighted by Gasteiger charge is 2.01. The van der Waals surface area contributed by atoms with Crippen molar-refractivity contribution >= 4 is 11.8 Å². The van der Waals surface area contributed by atoms with Crippen LogP contribution < -0.4 is 5.32 Å². The van der Waals surface area contributed by atoms with Crippen LogP contribution in [-0.4, -0.2) is 28.3 Å². The Morgan fingerprint density at radius 2 is 2.06 bits per heavy atom. The molecule has 98 valence electrons. The van der Waals surface area contributed by atoms with Gasteiger partial charge in [-0.1, -0.05) is 12.8 Å². The minimum atomic E-state index is 0.949. The number of thioether (sulfide) groups is 1. The maximum atomic E-state index is 4.24. The van der Waals surface area contributed by atoms with Gasteiger partial charge in [-0.05, 0) is 38.3 Å². The second kappa shape index (κ2) is 8.59. The van der Waals surface area contributed by atoms with Crippen molar-refractivity contribution in [3.05, 3.63) is 17.5 Å². The van der Waals surface area contributed by atoms with E-state index in [9.17, 15) is 0 Å². The van der Waals surface area contributed by atoms with Crippen molar-refractivity contribution in [2.45, 2.75) is 39.2 Å². The predicted molar refractivity (Wildman–Crippen MR) is 76.5 cm³/mol. The molecule has 0 aromatic carbocycles. The standard InChI is InChI=1S/C13H25N3S/c1-12-13(11-15-16(12)2)10-14-8-6-4-5-7-9-17-3/h11,14H,4-10H2,1-3H3. The molecule has 1 N–H and O–H groups in total. The van der Waals surface area contributed by atoms with Crippen LogP contribution in [0.1, 0.15) is 36.9 Å². The minimum Gasteiger partial charge on any atom is -0.313 e. The van der Waals surface area contributed by atoms with Crippen LogP contribution in [0.15, 0.2) is 6.20 Å². The molecule has 0 aliphatic carbocycles. The first-order valence-corrected chi connectivity index (χ1v) is 7.82. The van der Waals surface area contributed by atoms with E-state index in [4.69, 9.17) is 0 Å². The van der Waals surface area contributed by atoms with Crippen LogP contribution in [0.2, 0.25) is 0 Å². The molecule has 1 heterocycles. The minimum absolute atomic E-state index is 0.949. The van der Waals surface area contributed by atoms with E-state index in [0.29, 0.717) is 0 Å². The van der Waals surface area contributed by atoms with Gasteiger partial charge in [-0.25, -0.2) is 0 Å². The SMILES string of the molecule is CSCCCCCCNCc1cnn(C)c1C. The predicted octanol–water partition coefficient (Wildman–Crippen LogP) is 2.74.